The van der Waals surface area contributed by atoms with Gasteiger partial charge in [-0.3, -0.25) is 4.79 Å². The highest BCUT2D eigenvalue weighted by atomic mass is 79.9. The molecule has 2 rings (SSSR count). The molecule has 0 radical (unpaired) electrons. The van der Waals surface area contributed by atoms with Crippen molar-refractivity contribution in [2.24, 2.45) is 0 Å². The van der Waals surface area contributed by atoms with Gasteiger partial charge in [0.2, 0.25) is 0 Å². The Hall–Kier alpha value is -1.59. The zero-order valence-corrected chi connectivity index (χ0v) is 14.0. The van der Waals surface area contributed by atoms with Crippen molar-refractivity contribution in [3.05, 3.63) is 51.1 Å². The van der Waals surface area contributed by atoms with Crippen LogP contribution in [0.5, 0.6) is 0 Å². The second-order valence-electron chi connectivity index (χ2n) is 4.50. The second-order valence-corrected chi connectivity index (χ2v) is 5.76. The third-order valence-electron chi connectivity index (χ3n) is 2.88. The number of hydrogen-bond donors (Lipinski definition) is 2. The Bertz CT molecular complexity index is 676. The summed E-state index contributed by atoms with van der Waals surface area (Å²) in [6.45, 7) is 4.66. The fourth-order valence-corrected chi connectivity index (χ4v) is 2.35. The Labute approximate surface area is 137 Å². The molecule has 0 atom stereocenters. The number of carbonyl (C=O) groups excluding carboxylic acids is 1. The fourth-order valence-electron chi connectivity index (χ4n) is 1.73. The number of carbonyl (C=O) groups is 1. The largest absolute Gasteiger partial charge is 0.369 e. The molecule has 6 heteroatoms. The summed E-state index contributed by atoms with van der Waals surface area (Å²) in [7, 11) is 0. The van der Waals surface area contributed by atoms with Gasteiger partial charge in [0.05, 0.1) is 10.6 Å². The Kier molecular flexibility index (Phi) is 5.20. The van der Waals surface area contributed by atoms with E-state index in [1.54, 1.807) is 6.07 Å². The zero-order chi connectivity index (χ0) is 15.4. The van der Waals surface area contributed by atoms with Crippen LogP contribution >= 0.6 is 27.5 Å². The quantitative estimate of drug-likeness (QED) is 0.836. The van der Waals surface area contributed by atoms with Crippen molar-refractivity contribution in [1.29, 1.82) is 0 Å². The van der Waals surface area contributed by atoms with Gasteiger partial charge in [-0.1, -0.05) is 33.6 Å². The molecule has 2 N–H and O–H groups in total. The van der Waals surface area contributed by atoms with Crippen LogP contribution < -0.4 is 10.6 Å². The highest BCUT2D eigenvalue weighted by Gasteiger charge is 2.10. The number of pyridine rings is 1. The van der Waals surface area contributed by atoms with Gasteiger partial charge < -0.3 is 10.6 Å². The zero-order valence-electron chi connectivity index (χ0n) is 11.7. The minimum Gasteiger partial charge on any atom is -0.369 e. The minimum atomic E-state index is -0.247. The number of rotatable bonds is 4. The topological polar surface area (TPSA) is 54.0 Å². The van der Waals surface area contributed by atoms with Gasteiger partial charge in [0.25, 0.3) is 5.91 Å². The van der Waals surface area contributed by atoms with Crippen LogP contribution in [0.4, 0.5) is 11.5 Å². The first-order valence-corrected chi connectivity index (χ1v) is 7.65. The molecule has 1 aromatic carbocycles. The van der Waals surface area contributed by atoms with Crippen molar-refractivity contribution in [1.82, 2.24) is 4.98 Å². The number of halogens is 2. The average molecular weight is 369 g/mol. The average Bonchev–Trinajstić information content (AvgIpc) is 2.45. The highest BCUT2D eigenvalue weighted by molar-refractivity contribution is 9.10. The third-order valence-corrected chi connectivity index (χ3v) is 4.02. The lowest BCUT2D eigenvalue weighted by atomic mass is 10.2. The summed E-state index contributed by atoms with van der Waals surface area (Å²) in [5.74, 6) is 0.331. The Morgan fingerprint density at radius 3 is 2.76 bits per heavy atom. The lowest BCUT2D eigenvalue weighted by Gasteiger charge is -2.09. The van der Waals surface area contributed by atoms with Crippen LogP contribution in [0.2, 0.25) is 5.02 Å². The van der Waals surface area contributed by atoms with E-state index in [0.717, 1.165) is 16.6 Å². The third kappa shape index (κ3) is 3.95. The minimum absolute atomic E-state index is 0.247. The molecule has 0 saturated heterocycles. The lowest BCUT2D eigenvalue weighted by molar-refractivity contribution is 0.102. The molecule has 1 heterocycles. The molecule has 0 fully saturated rings. The molecular weight excluding hydrogens is 354 g/mol. The molecule has 0 aliphatic rings. The summed E-state index contributed by atoms with van der Waals surface area (Å²) in [6, 6.07) is 7.24. The summed E-state index contributed by atoms with van der Waals surface area (Å²) in [5, 5.41) is 6.27. The van der Waals surface area contributed by atoms with E-state index >= 15 is 0 Å². The Balaban J connectivity index is 2.16. The molecule has 0 unspecified atom stereocenters. The van der Waals surface area contributed by atoms with Gasteiger partial charge in [-0.25, -0.2) is 4.98 Å². The first-order valence-electron chi connectivity index (χ1n) is 6.48. The first-order chi connectivity index (χ1) is 10.0. The number of anilines is 2. The van der Waals surface area contributed by atoms with Gasteiger partial charge in [-0.2, -0.15) is 0 Å². The number of nitrogens with zero attached hydrogens (tertiary/aromatic N) is 1. The summed E-state index contributed by atoms with van der Waals surface area (Å²) < 4.78 is 0.943. The van der Waals surface area contributed by atoms with Crippen molar-refractivity contribution in [3.63, 3.8) is 0 Å². The predicted molar refractivity (Wildman–Crippen MR) is 90.2 cm³/mol. The molecule has 1 aromatic heterocycles. The number of hydrogen-bond acceptors (Lipinski definition) is 3. The molecule has 0 bridgehead atoms. The maximum atomic E-state index is 12.2. The normalized spacial score (nSPS) is 10.3. The number of benzene rings is 1. The number of aryl methyl sites for hydroxylation is 1. The fraction of sp³-hybridized carbons (Fsp3) is 0.200. The van der Waals surface area contributed by atoms with Crippen LogP contribution in [0.25, 0.3) is 0 Å². The van der Waals surface area contributed by atoms with Crippen LogP contribution in [0.15, 0.2) is 34.9 Å². The highest BCUT2D eigenvalue weighted by Crippen LogP contribution is 2.23. The van der Waals surface area contributed by atoms with E-state index < -0.39 is 0 Å². The molecule has 0 saturated carbocycles. The van der Waals surface area contributed by atoms with E-state index in [1.165, 1.54) is 6.20 Å². The number of amides is 1. The van der Waals surface area contributed by atoms with Gasteiger partial charge in [-0.15, -0.1) is 0 Å². The van der Waals surface area contributed by atoms with Crippen molar-refractivity contribution < 1.29 is 4.79 Å². The van der Waals surface area contributed by atoms with Gasteiger partial charge in [-0.05, 0) is 37.6 Å². The van der Waals surface area contributed by atoms with Crippen molar-refractivity contribution >= 4 is 44.9 Å². The van der Waals surface area contributed by atoms with Crippen molar-refractivity contribution in [2.45, 2.75) is 13.8 Å². The Morgan fingerprint density at radius 1 is 1.38 bits per heavy atom. The van der Waals surface area contributed by atoms with E-state index in [0.29, 0.717) is 22.1 Å². The van der Waals surface area contributed by atoms with Crippen LogP contribution in [-0.2, 0) is 0 Å². The van der Waals surface area contributed by atoms with Gasteiger partial charge in [0, 0.05) is 22.9 Å². The van der Waals surface area contributed by atoms with Crippen LogP contribution in [0.1, 0.15) is 22.8 Å². The molecule has 21 heavy (non-hydrogen) atoms. The molecule has 0 aliphatic heterocycles. The summed E-state index contributed by atoms with van der Waals surface area (Å²) in [5.41, 5.74) is 2.23. The second kappa shape index (κ2) is 6.91. The van der Waals surface area contributed by atoms with E-state index in [-0.39, 0.29) is 5.91 Å². The lowest BCUT2D eigenvalue weighted by Crippen LogP contribution is -2.13. The molecule has 4 nitrogen and oxygen atoms in total. The summed E-state index contributed by atoms with van der Waals surface area (Å²) in [6.07, 6.45) is 1.50. The van der Waals surface area contributed by atoms with E-state index in [4.69, 9.17) is 11.6 Å². The molecule has 0 aliphatic carbocycles. The van der Waals surface area contributed by atoms with Crippen molar-refractivity contribution in [2.75, 3.05) is 17.2 Å². The van der Waals surface area contributed by atoms with Gasteiger partial charge in [0.15, 0.2) is 0 Å². The van der Waals surface area contributed by atoms with Crippen LogP contribution in [0, 0.1) is 6.92 Å². The molecular formula is C15H15BrClN3O. The number of aromatic nitrogens is 1. The van der Waals surface area contributed by atoms with E-state index in [9.17, 15) is 4.79 Å². The van der Waals surface area contributed by atoms with Gasteiger partial charge in [0.1, 0.15) is 5.82 Å². The van der Waals surface area contributed by atoms with Crippen molar-refractivity contribution in [3.8, 4) is 0 Å². The SMILES string of the molecule is CCNc1ncc(C(=O)Nc2ccc(C)c(Br)c2)cc1Cl. The summed E-state index contributed by atoms with van der Waals surface area (Å²) in [4.78, 5) is 16.3. The molecule has 110 valence electrons. The standard InChI is InChI=1S/C15H15BrClN3O/c1-3-18-14-13(17)6-10(8-19-14)15(21)20-11-5-4-9(2)12(16)7-11/h4-8H,3H2,1-2H3,(H,18,19)(H,20,21). The Morgan fingerprint density at radius 2 is 2.14 bits per heavy atom. The maximum Gasteiger partial charge on any atom is 0.257 e. The molecule has 0 spiro atoms. The predicted octanol–water partition coefficient (Wildman–Crippen LogP) is 4.49. The monoisotopic (exact) mass is 367 g/mol. The van der Waals surface area contributed by atoms with Crippen LogP contribution in [-0.4, -0.2) is 17.4 Å². The molecule has 2 aromatic rings. The van der Waals surface area contributed by atoms with Gasteiger partial charge >= 0.3 is 0 Å². The molecule has 1 amide bonds. The van der Waals surface area contributed by atoms with Crippen LogP contribution in [0.3, 0.4) is 0 Å². The van der Waals surface area contributed by atoms with E-state index in [1.807, 2.05) is 32.0 Å². The summed E-state index contributed by atoms with van der Waals surface area (Å²) >= 11 is 9.53. The maximum absolute atomic E-state index is 12.2. The first kappa shape index (κ1) is 15.8. The number of nitrogens with one attached hydrogen (secondary N) is 2. The van der Waals surface area contributed by atoms with E-state index in [2.05, 4.69) is 31.5 Å². The smallest absolute Gasteiger partial charge is 0.257 e.